The molecule has 0 radical (unpaired) electrons. The summed E-state index contributed by atoms with van der Waals surface area (Å²) < 4.78 is 0. The van der Waals surface area contributed by atoms with E-state index in [1.807, 2.05) is 12.1 Å². The highest BCUT2D eigenvalue weighted by atomic mass is 35.7. The van der Waals surface area contributed by atoms with E-state index in [1.54, 1.807) is 0 Å². The zero-order valence-corrected chi connectivity index (χ0v) is 12.9. The van der Waals surface area contributed by atoms with Gasteiger partial charge in [-0.25, -0.2) is 0 Å². The van der Waals surface area contributed by atoms with Crippen molar-refractivity contribution >= 4 is 29.7 Å². The lowest BCUT2D eigenvalue weighted by molar-refractivity contribution is 1.59. The number of anilines is 1. The highest BCUT2D eigenvalue weighted by Crippen LogP contribution is 2.50. The van der Waals surface area contributed by atoms with Crippen LogP contribution >= 0.6 is 18.7 Å². The highest BCUT2D eigenvalue weighted by Gasteiger charge is 2.22. The molecule has 0 saturated heterocycles. The van der Waals surface area contributed by atoms with Crippen LogP contribution in [0.25, 0.3) is 22.3 Å². The maximum atomic E-state index is 6.59. The van der Waals surface area contributed by atoms with Gasteiger partial charge in [-0.1, -0.05) is 71.9 Å². The van der Waals surface area contributed by atoms with Gasteiger partial charge in [-0.05, 0) is 28.8 Å². The number of hydrogen-bond donors (Lipinski definition) is 1. The predicted molar refractivity (Wildman–Crippen MR) is 93.3 cm³/mol. The molecule has 0 spiro atoms. The molecule has 1 nitrogen and oxygen atoms in total. The Bertz CT molecular complexity index is 801. The summed E-state index contributed by atoms with van der Waals surface area (Å²) in [6, 6.07) is 25.3. The Morgan fingerprint density at radius 3 is 2.33 bits per heavy atom. The van der Waals surface area contributed by atoms with Gasteiger partial charge in [0, 0.05) is 16.6 Å². The summed E-state index contributed by atoms with van der Waals surface area (Å²) in [7, 11) is -0.878. The SMILES string of the molecule is ClP1Nc2ccccc2-c2ccc(-c3ccccc3)cc21. The molecular formula is C18H13ClNP. The van der Waals surface area contributed by atoms with E-state index >= 15 is 0 Å². The molecule has 3 aromatic rings. The van der Waals surface area contributed by atoms with Gasteiger partial charge < -0.3 is 5.09 Å². The number of hydrogen-bond acceptors (Lipinski definition) is 1. The first kappa shape index (κ1) is 12.9. The molecule has 0 aromatic heterocycles. The lowest BCUT2D eigenvalue weighted by Gasteiger charge is -2.25. The van der Waals surface area contributed by atoms with Gasteiger partial charge in [0.2, 0.25) is 0 Å². The Morgan fingerprint density at radius 1 is 0.714 bits per heavy atom. The Balaban J connectivity index is 1.89. The molecule has 3 aromatic carbocycles. The third kappa shape index (κ3) is 2.23. The van der Waals surface area contributed by atoms with Crippen molar-refractivity contribution < 1.29 is 0 Å². The van der Waals surface area contributed by atoms with Gasteiger partial charge >= 0.3 is 0 Å². The number of nitrogens with one attached hydrogen (secondary N) is 1. The molecule has 4 rings (SSSR count). The van der Waals surface area contributed by atoms with Gasteiger partial charge in [-0.2, -0.15) is 0 Å². The average molecular weight is 310 g/mol. The topological polar surface area (TPSA) is 12.0 Å². The van der Waals surface area contributed by atoms with E-state index in [0.717, 1.165) is 5.69 Å². The Hall–Kier alpha value is -1.82. The van der Waals surface area contributed by atoms with Gasteiger partial charge in [0.05, 0.1) is 0 Å². The molecule has 0 saturated carbocycles. The summed E-state index contributed by atoms with van der Waals surface area (Å²) in [5.74, 6) is 0. The minimum absolute atomic E-state index is 0.878. The van der Waals surface area contributed by atoms with Crippen LogP contribution < -0.4 is 10.4 Å². The third-order valence-corrected chi connectivity index (χ3v) is 5.78. The normalized spacial score (nSPS) is 15.8. The number of halogens is 1. The van der Waals surface area contributed by atoms with Gasteiger partial charge in [0.15, 0.2) is 0 Å². The molecule has 0 aliphatic carbocycles. The van der Waals surface area contributed by atoms with Gasteiger partial charge in [0.1, 0.15) is 7.43 Å². The van der Waals surface area contributed by atoms with Crippen LogP contribution in [0.4, 0.5) is 5.69 Å². The minimum Gasteiger partial charge on any atom is -0.348 e. The second-order valence-electron chi connectivity index (χ2n) is 5.04. The van der Waals surface area contributed by atoms with Crippen LogP contribution in [-0.4, -0.2) is 0 Å². The minimum atomic E-state index is -0.878. The number of benzene rings is 3. The van der Waals surface area contributed by atoms with Crippen LogP contribution in [0.3, 0.4) is 0 Å². The van der Waals surface area contributed by atoms with Crippen molar-refractivity contribution in [1.82, 2.24) is 0 Å². The van der Waals surface area contributed by atoms with Crippen LogP contribution in [0.2, 0.25) is 0 Å². The first-order valence-corrected chi connectivity index (χ1v) is 9.09. The van der Waals surface area contributed by atoms with E-state index in [2.05, 4.69) is 65.8 Å². The van der Waals surface area contributed by atoms with Crippen LogP contribution in [0.1, 0.15) is 0 Å². The van der Waals surface area contributed by atoms with Gasteiger partial charge in [-0.15, -0.1) is 0 Å². The van der Waals surface area contributed by atoms with Crippen LogP contribution in [0.5, 0.6) is 0 Å². The van der Waals surface area contributed by atoms with Crippen molar-refractivity contribution in [2.45, 2.75) is 0 Å². The van der Waals surface area contributed by atoms with Gasteiger partial charge in [0.25, 0.3) is 0 Å². The molecule has 1 aliphatic rings. The number of para-hydroxylation sites is 1. The van der Waals surface area contributed by atoms with Gasteiger partial charge in [-0.3, -0.25) is 0 Å². The summed E-state index contributed by atoms with van der Waals surface area (Å²) in [4.78, 5) is 0. The first-order chi connectivity index (χ1) is 10.3. The van der Waals surface area contributed by atoms with Crippen molar-refractivity contribution in [2.24, 2.45) is 0 Å². The van der Waals surface area contributed by atoms with Crippen LogP contribution in [-0.2, 0) is 0 Å². The molecule has 1 aliphatic heterocycles. The average Bonchev–Trinajstić information content (AvgIpc) is 2.55. The molecule has 3 heteroatoms. The Morgan fingerprint density at radius 2 is 1.48 bits per heavy atom. The standard InChI is InChI=1S/C18H13ClNP/c19-21-18-12-14(13-6-2-1-3-7-13)10-11-16(18)15-8-4-5-9-17(15)20-21/h1-12,20H. The van der Waals surface area contributed by atoms with Crippen molar-refractivity contribution in [3.8, 4) is 22.3 Å². The zero-order chi connectivity index (χ0) is 14.2. The summed E-state index contributed by atoms with van der Waals surface area (Å²) in [5.41, 5.74) is 6.03. The summed E-state index contributed by atoms with van der Waals surface area (Å²) in [6.45, 7) is 0. The molecular weight excluding hydrogens is 297 g/mol. The maximum Gasteiger partial charge on any atom is 0.119 e. The van der Waals surface area contributed by atoms with Crippen molar-refractivity contribution in [3.05, 3.63) is 72.8 Å². The van der Waals surface area contributed by atoms with E-state index < -0.39 is 7.43 Å². The maximum absolute atomic E-state index is 6.59. The smallest absolute Gasteiger partial charge is 0.119 e. The molecule has 1 N–H and O–H groups in total. The highest BCUT2D eigenvalue weighted by molar-refractivity contribution is 7.91. The Kier molecular flexibility index (Phi) is 3.18. The molecule has 1 unspecified atom stereocenters. The fourth-order valence-electron chi connectivity index (χ4n) is 2.71. The fourth-order valence-corrected chi connectivity index (χ4v) is 4.59. The second kappa shape index (κ2) is 5.18. The largest absolute Gasteiger partial charge is 0.348 e. The van der Waals surface area contributed by atoms with E-state index in [0.29, 0.717) is 0 Å². The molecule has 102 valence electrons. The molecule has 21 heavy (non-hydrogen) atoms. The van der Waals surface area contributed by atoms with E-state index in [1.165, 1.54) is 27.6 Å². The van der Waals surface area contributed by atoms with Crippen molar-refractivity contribution in [1.29, 1.82) is 0 Å². The zero-order valence-electron chi connectivity index (χ0n) is 11.3. The monoisotopic (exact) mass is 309 g/mol. The third-order valence-electron chi connectivity index (χ3n) is 3.75. The summed E-state index contributed by atoms with van der Waals surface area (Å²) in [5, 5.41) is 4.63. The molecule has 1 atom stereocenters. The van der Waals surface area contributed by atoms with E-state index in [4.69, 9.17) is 11.2 Å². The lowest BCUT2D eigenvalue weighted by Crippen LogP contribution is -2.13. The van der Waals surface area contributed by atoms with Crippen LogP contribution in [0, 0.1) is 0 Å². The van der Waals surface area contributed by atoms with E-state index in [-0.39, 0.29) is 0 Å². The molecule has 0 bridgehead atoms. The first-order valence-electron chi connectivity index (χ1n) is 6.84. The number of rotatable bonds is 1. The fraction of sp³-hybridized carbons (Fsp3) is 0. The quantitative estimate of drug-likeness (QED) is 0.575. The predicted octanol–water partition coefficient (Wildman–Crippen LogP) is 5.62. The molecule has 1 heterocycles. The number of fused-ring (bicyclic) bond motifs is 3. The van der Waals surface area contributed by atoms with Crippen molar-refractivity contribution in [3.63, 3.8) is 0 Å². The molecule has 0 fully saturated rings. The molecule has 0 amide bonds. The van der Waals surface area contributed by atoms with Crippen molar-refractivity contribution in [2.75, 3.05) is 5.09 Å². The summed E-state index contributed by atoms with van der Waals surface area (Å²) >= 11 is 6.59. The summed E-state index contributed by atoms with van der Waals surface area (Å²) in [6.07, 6.45) is 0. The second-order valence-corrected chi connectivity index (χ2v) is 7.32. The Labute approximate surface area is 130 Å². The lowest BCUT2D eigenvalue weighted by atomic mass is 9.99. The van der Waals surface area contributed by atoms with E-state index in [9.17, 15) is 0 Å². The van der Waals surface area contributed by atoms with Crippen LogP contribution in [0.15, 0.2) is 72.8 Å².